The van der Waals surface area contributed by atoms with Crippen molar-refractivity contribution in [1.82, 2.24) is 0 Å². The fourth-order valence-corrected chi connectivity index (χ4v) is 3.77. The fourth-order valence-electron chi connectivity index (χ4n) is 3.77. The van der Waals surface area contributed by atoms with Gasteiger partial charge in [0, 0.05) is 12.6 Å². The monoisotopic (exact) mass is 258 g/mol. The Morgan fingerprint density at radius 2 is 1.95 bits per heavy atom. The van der Waals surface area contributed by atoms with Crippen molar-refractivity contribution < 1.29 is 4.39 Å². The summed E-state index contributed by atoms with van der Waals surface area (Å²) in [6.45, 7) is 1.00. The van der Waals surface area contributed by atoms with Crippen LogP contribution >= 0.6 is 0 Å². The van der Waals surface area contributed by atoms with Crippen LogP contribution in [0.1, 0.15) is 44.1 Å². The summed E-state index contributed by atoms with van der Waals surface area (Å²) in [6.07, 6.45) is 7.63. The van der Waals surface area contributed by atoms with Gasteiger partial charge < -0.3 is 4.90 Å². The Hall–Kier alpha value is -1.56. The third kappa shape index (κ3) is 2.32. The maximum Gasteiger partial charge on any atom is 0.124 e. The van der Waals surface area contributed by atoms with Crippen molar-refractivity contribution in [1.29, 1.82) is 5.26 Å². The molecule has 2 unspecified atom stereocenters. The molecule has 100 valence electrons. The normalized spacial score (nSPS) is 26.6. The molecule has 0 amide bonds. The number of fused-ring (bicyclic) bond motifs is 1. The summed E-state index contributed by atoms with van der Waals surface area (Å²) >= 11 is 0. The highest BCUT2D eigenvalue weighted by atomic mass is 19.1. The average molecular weight is 258 g/mol. The molecule has 3 heteroatoms. The summed E-state index contributed by atoms with van der Waals surface area (Å²) in [4.78, 5) is 2.37. The first kappa shape index (κ1) is 12.5. The van der Waals surface area contributed by atoms with Gasteiger partial charge in [0.1, 0.15) is 11.9 Å². The van der Waals surface area contributed by atoms with Gasteiger partial charge in [0.25, 0.3) is 0 Å². The third-order valence-corrected chi connectivity index (χ3v) is 4.63. The summed E-state index contributed by atoms with van der Waals surface area (Å²) in [7, 11) is 0. The van der Waals surface area contributed by atoms with E-state index in [1.54, 1.807) is 6.07 Å². The van der Waals surface area contributed by atoms with Crippen LogP contribution in [0.25, 0.3) is 0 Å². The van der Waals surface area contributed by atoms with Gasteiger partial charge in [-0.1, -0.05) is 12.8 Å². The van der Waals surface area contributed by atoms with E-state index in [9.17, 15) is 9.65 Å². The average Bonchev–Trinajstić information content (AvgIpc) is 2.46. The van der Waals surface area contributed by atoms with Gasteiger partial charge in [-0.05, 0) is 49.8 Å². The summed E-state index contributed by atoms with van der Waals surface area (Å²) in [5, 5.41) is 9.23. The number of rotatable bonds is 1. The molecule has 19 heavy (non-hydrogen) atoms. The molecule has 1 aliphatic heterocycles. The zero-order valence-electron chi connectivity index (χ0n) is 11.1. The van der Waals surface area contributed by atoms with Crippen LogP contribution in [0.2, 0.25) is 0 Å². The van der Waals surface area contributed by atoms with Crippen molar-refractivity contribution in [3.05, 3.63) is 29.6 Å². The van der Waals surface area contributed by atoms with E-state index in [1.165, 1.54) is 50.7 Å². The number of nitrogens with zero attached hydrogens (tertiary/aromatic N) is 2. The minimum absolute atomic E-state index is 0.322. The molecule has 1 heterocycles. The molecule has 3 rings (SSSR count). The van der Waals surface area contributed by atoms with Crippen molar-refractivity contribution in [2.75, 3.05) is 11.4 Å². The lowest BCUT2D eigenvalue weighted by Gasteiger charge is -2.45. The lowest BCUT2D eigenvalue weighted by molar-refractivity contribution is 0.243. The molecule has 0 aromatic heterocycles. The van der Waals surface area contributed by atoms with E-state index in [2.05, 4.69) is 11.0 Å². The SMILES string of the molecule is N#Cc1cc(F)ccc1N1CCCC2CCCCC21. The zero-order chi connectivity index (χ0) is 13.2. The van der Waals surface area contributed by atoms with E-state index in [-0.39, 0.29) is 5.82 Å². The Bertz CT molecular complexity index is 504. The van der Waals surface area contributed by atoms with E-state index >= 15 is 0 Å². The van der Waals surface area contributed by atoms with Crippen molar-refractivity contribution in [3.63, 3.8) is 0 Å². The standard InChI is InChI=1S/C16H19FN2/c17-14-7-8-16(13(10-14)11-18)19-9-3-5-12-4-1-2-6-15(12)19/h7-8,10,12,15H,1-6,9H2. The second kappa shape index (κ2) is 5.21. The molecule has 0 radical (unpaired) electrons. The summed E-state index contributed by atoms with van der Waals surface area (Å²) < 4.78 is 13.3. The number of benzene rings is 1. The third-order valence-electron chi connectivity index (χ3n) is 4.63. The van der Waals surface area contributed by atoms with E-state index < -0.39 is 0 Å². The van der Waals surface area contributed by atoms with Crippen LogP contribution < -0.4 is 4.90 Å². The smallest absolute Gasteiger partial charge is 0.124 e. The van der Waals surface area contributed by atoms with Crippen LogP contribution in [-0.4, -0.2) is 12.6 Å². The Morgan fingerprint density at radius 3 is 2.79 bits per heavy atom. The molecule has 0 N–H and O–H groups in total. The highest BCUT2D eigenvalue weighted by Gasteiger charge is 2.34. The molecule has 1 saturated heterocycles. The van der Waals surface area contributed by atoms with Crippen molar-refractivity contribution in [3.8, 4) is 6.07 Å². The highest BCUT2D eigenvalue weighted by molar-refractivity contribution is 5.60. The Balaban J connectivity index is 1.94. The Labute approximate surface area is 113 Å². The molecule has 1 saturated carbocycles. The van der Waals surface area contributed by atoms with Gasteiger partial charge in [-0.3, -0.25) is 0 Å². The number of piperidine rings is 1. The summed E-state index contributed by atoms with van der Waals surface area (Å²) in [5.74, 6) is 0.441. The summed E-state index contributed by atoms with van der Waals surface area (Å²) in [5.41, 5.74) is 1.41. The van der Waals surface area contributed by atoms with Gasteiger partial charge >= 0.3 is 0 Å². The van der Waals surface area contributed by atoms with Crippen molar-refractivity contribution in [2.45, 2.75) is 44.6 Å². The lowest BCUT2D eigenvalue weighted by atomic mass is 9.78. The first-order chi connectivity index (χ1) is 9.29. The van der Waals surface area contributed by atoms with Crippen LogP contribution in [0, 0.1) is 23.1 Å². The summed E-state index contributed by atoms with van der Waals surface area (Å²) in [6, 6.07) is 7.32. The zero-order valence-corrected chi connectivity index (χ0v) is 11.1. The Morgan fingerprint density at radius 1 is 1.16 bits per heavy atom. The lowest BCUT2D eigenvalue weighted by Crippen LogP contribution is -2.47. The van der Waals surface area contributed by atoms with Crippen LogP contribution in [0.4, 0.5) is 10.1 Å². The molecular formula is C16H19FN2. The van der Waals surface area contributed by atoms with E-state index in [4.69, 9.17) is 0 Å². The van der Waals surface area contributed by atoms with Gasteiger partial charge in [-0.25, -0.2) is 4.39 Å². The van der Waals surface area contributed by atoms with Crippen LogP contribution in [0.3, 0.4) is 0 Å². The minimum Gasteiger partial charge on any atom is -0.367 e. The topological polar surface area (TPSA) is 27.0 Å². The maximum atomic E-state index is 13.3. The first-order valence-electron chi connectivity index (χ1n) is 7.26. The Kier molecular flexibility index (Phi) is 3.42. The molecule has 2 aliphatic rings. The number of anilines is 1. The molecule has 0 spiro atoms. The van der Waals surface area contributed by atoms with E-state index in [0.29, 0.717) is 11.6 Å². The molecule has 2 nitrogen and oxygen atoms in total. The van der Waals surface area contributed by atoms with E-state index in [1.807, 2.05) is 0 Å². The molecule has 2 fully saturated rings. The predicted molar refractivity (Wildman–Crippen MR) is 73.4 cm³/mol. The number of hydrogen-bond acceptors (Lipinski definition) is 2. The van der Waals surface area contributed by atoms with Gasteiger partial charge in [-0.15, -0.1) is 0 Å². The quantitative estimate of drug-likeness (QED) is 0.765. The molecule has 1 aromatic carbocycles. The van der Waals surface area contributed by atoms with Crippen molar-refractivity contribution in [2.24, 2.45) is 5.92 Å². The largest absolute Gasteiger partial charge is 0.367 e. The highest BCUT2D eigenvalue weighted by Crippen LogP contribution is 2.38. The number of nitriles is 1. The number of halogens is 1. The minimum atomic E-state index is -0.322. The molecule has 1 aliphatic carbocycles. The maximum absolute atomic E-state index is 13.3. The second-order valence-electron chi connectivity index (χ2n) is 5.72. The predicted octanol–water partition coefficient (Wildman–Crippen LogP) is 3.86. The van der Waals surface area contributed by atoms with Crippen LogP contribution in [-0.2, 0) is 0 Å². The first-order valence-corrected chi connectivity index (χ1v) is 7.26. The van der Waals surface area contributed by atoms with Gasteiger partial charge in [-0.2, -0.15) is 5.26 Å². The molecule has 2 atom stereocenters. The number of hydrogen-bond donors (Lipinski definition) is 0. The van der Waals surface area contributed by atoms with Crippen molar-refractivity contribution >= 4 is 5.69 Å². The van der Waals surface area contributed by atoms with Gasteiger partial charge in [0.05, 0.1) is 11.3 Å². The van der Waals surface area contributed by atoms with Crippen LogP contribution in [0.5, 0.6) is 0 Å². The van der Waals surface area contributed by atoms with Crippen LogP contribution in [0.15, 0.2) is 18.2 Å². The second-order valence-corrected chi connectivity index (χ2v) is 5.72. The molecule has 1 aromatic rings. The fraction of sp³-hybridized carbons (Fsp3) is 0.562. The van der Waals surface area contributed by atoms with E-state index in [0.717, 1.165) is 18.2 Å². The molecule has 0 bridgehead atoms. The van der Waals surface area contributed by atoms with Gasteiger partial charge in [0.15, 0.2) is 0 Å². The van der Waals surface area contributed by atoms with Gasteiger partial charge in [0.2, 0.25) is 0 Å². The molecular weight excluding hydrogens is 239 g/mol.